The van der Waals surface area contributed by atoms with Crippen molar-refractivity contribution >= 4 is 35.8 Å². The van der Waals surface area contributed by atoms with E-state index in [-0.39, 0.29) is 25.4 Å². The summed E-state index contributed by atoms with van der Waals surface area (Å²) in [5, 5.41) is 11.3. The molecule has 1 aliphatic heterocycles. The van der Waals surface area contributed by atoms with E-state index < -0.39 is 60.5 Å². The maximum absolute atomic E-state index is 12.8. The minimum atomic E-state index is -1.33. The molecular formula is C30H49NO12. The van der Waals surface area contributed by atoms with Crippen LogP contribution in [0.4, 0.5) is 0 Å². The minimum Gasteiger partial charge on any atom is -0.481 e. The number of ether oxygens (including phenoxy) is 5. The first-order chi connectivity index (χ1) is 20.4. The standard InChI is InChI=1S/C30H49NO12/c1-20(32)39-19-24-27(40-21(2)33)28(41-22(3)34)29(42-23(4)35)30(43-24)31-25(36)17-15-13-11-9-7-5-6-8-10-12-14-16-18-26(37)38/h24,27-30H,5-19H2,1-4H3,(H,31,36)(H,37,38)/t24-,27-,28+,29-,30-/m1/s1. The number of carbonyl (C=O) groups is 6. The topological polar surface area (TPSA) is 181 Å². The number of carboxylic acid groups (broad SMARTS) is 1. The van der Waals surface area contributed by atoms with E-state index in [1.165, 1.54) is 6.92 Å². The molecule has 0 aromatic carbocycles. The average Bonchev–Trinajstić information content (AvgIpc) is 2.90. The molecule has 43 heavy (non-hydrogen) atoms. The monoisotopic (exact) mass is 615 g/mol. The van der Waals surface area contributed by atoms with Crippen LogP contribution in [0.2, 0.25) is 0 Å². The number of esters is 4. The highest BCUT2D eigenvalue weighted by Crippen LogP contribution is 2.28. The fraction of sp³-hybridized carbons (Fsp3) is 0.800. The van der Waals surface area contributed by atoms with Crippen LogP contribution in [0.3, 0.4) is 0 Å². The van der Waals surface area contributed by atoms with Crippen molar-refractivity contribution in [3.05, 3.63) is 0 Å². The molecule has 0 aromatic heterocycles. The molecule has 0 unspecified atom stereocenters. The molecule has 5 atom stereocenters. The second kappa shape index (κ2) is 21.5. The molecule has 1 heterocycles. The van der Waals surface area contributed by atoms with Gasteiger partial charge in [-0.15, -0.1) is 0 Å². The summed E-state index contributed by atoms with van der Waals surface area (Å²) in [7, 11) is 0. The van der Waals surface area contributed by atoms with Crippen molar-refractivity contribution in [2.24, 2.45) is 0 Å². The van der Waals surface area contributed by atoms with Gasteiger partial charge in [-0.1, -0.05) is 64.2 Å². The molecule has 1 saturated heterocycles. The number of unbranched alkanes of at least 4 members (excludes halogenated alkanes) is 11. The zero-order valence-corrected chi connectivity index (χ0v) is 25.9. The molecule has 246 valence electrons. The lowest BCUT2D eigenvalue weighted by molar-refractivity contribution is -0.257. The van der Waals surface area contributed by atoms with Gasteiger partial charge >= 0.3 is 29.8 Å². The van der Waals surface area contributed by atoms with Gasteiger partial charge in [0.05, 0.1) is 0 Å². The van der Waals surface area contributed by atoms with Crippen molar-refractivity contribution in [2.45, 2.75) is 148 Å². The van der Waals surface area contributed by atoms with Crippen molar-refractivity contribution in [2.75, 3.05) is 6.61 Å². The van der Waals surface area contributed by atoms with Crippen LogP contribution < -0.4 is 5.32 Å². The van der Waals surface area contributed by atoms with E-state index in [1.54, 1.807) is 0 Å². The van der Waals surface area contributed by atoms with Crippen LogP contribution in [0, 0.1) is 0 Å². The zero-order chi connectivity index (χ0) is 32.2. The lowest BCUT2D eigenvalue weighted by Gasteiger charge is -2.44. The van der Waals surface area contributed by atoms with Gasteiger partial charge in [0.25, 0.3) is 0 Å². The second-order valence-electron chi connectivity index (χ2n) is 10.8. The third-order valence-electron chi connectivity index (χ3n) is 6.84. The number of carboxylic acids is 1. The molecule has 0 saturated carbocycles. The number of aliphatic carboxylic acids is 1. The molecule has 13 nitrogen and oxygen atoms in total. The first-order valence-electron chi connectivity index (χ1n) is 15.2. The highest BCUT2D eigenvalue weighted by atomic mass is 16.7. The van der Waals surface area contributed by atoms with Crippen LogP contribution in [0.1, 0.15) is 118 Å². The average molecular weight is 616 g/mol. The zero-order valence-electron chi connectivity index (χ0n) is 25.9. The maximum Gasteiger partial charge on any atom is 0.303 e. The van der Waals surface area contributed by atoms with Crippen LogP contribution in [-0.4, -0.2) is 78.1 Å². The quantitative estimate of drug-likeness (QED) is 0.109. The molecule has 0 aromatic rings. The Morgan fingerprint density at radius 2 is 1.00 bits per heavy atom. The van der Waals surface area contributed by atoms with Gasteiger partial charge in [-0.05, 0) is 12.8 Å². The first-order valence-corrected chi connectivity index (χ1v) is 15.2. The smallest absolute Gasteiger partial charge is 0.303 e. The lowest BCUT2D eigenvalue weighted by atomic mass is 9.97. The molecule has 0 spiro atoms. The number of nitrogens with one attached hydrogen (secondary N) is 1. The predicted octanol–water partition coefficient (Wildman–Crippen LogP) is 3.73. The van der Waals surface area contributed by atoms with Crippen molar-refractivity contribution in [3.63, 3.8) is 0 Å². The predicted molar refractivity (Wildman–Crippen MR) is 152 cm³/mol. The van der Waals surface area contributed by atoms with Gasteiger partial charge in [-0.25, -0.2) is 0 Å². The molecule has 1 fully saturated rings. The van der Waals surface area contributed by atoms with Gasteiger partial charge < -0.3 is 34.1 Å². The van der Waals surface area contributed by atoms with Crippen LogP contribution in [0.5, 0.6) is 0 Å². The summed E-state index contributed by atoms with van der Waals surface area (Å²) in [6.45, 7) is 4.23. The highest BCUT2D eigenvalue weighted by molar-refractivity contribution is 5.76. The Morgan fingerprint density at radius 1 is 0.581 bits per heavy atom. The Hall–Kier alpha value is -3.22. The van der Waals surface area contributed by atoms with Crippen LogP contribution in [-0.2, 0) is 52.5 Å². The number of hydrogen-bond donors (Lipinski definition) is 2. The fourth-order valence-electron chi connectivity index (χ4n) is 4.90. The fourth-order valence-corrected chi connectivity index (χ4v) is 4.90. The van der Waals surface area contributed by atoms with Crippen LogP contribution in [0.25, 0.3) is 0 Å². The highest BCUT2D eigenvalue weighted by Gasteiger charge is 2.52. The summed E-state index contributed by atoms with van der Waals surface area (Å²) in [6, 6.07) is 0. The van der Waals surface area contributed by atoms with Gasteiger partial charge in [-0.2, -0.15) is 0 Å². The van der Waals surface area contributed by atoms with E-state index in [0.29, 0.717) is 6.42 Å². The van der Waals surface area contributed by atoms with E-state index in [2.05, 4.69) is 5.32 Å². The van der Waals surface area contributed by atoms with E-state index in [9.17, 15) is 28.8 Å². The van der Waals surface area contributed by atoms with Crippen molar-refractivity contribution < 1.29 is 57.6 Å². The molecule has 0 radical (unpaired) electrons. The van der Waals surface area contributed by atoms with E-state index in [1.807, 2.05) is 0 Å². The summed E-state index contributed by atoms with van der Waals surface area (Å²) in [6.07, 6.45) is 6.19. The van der Waals surface area contributed by atoms with Crippen molar-refractivity contribution in [3.8, 4) is 0 Å². The van der Waals surface area contributed by atoms with E-state index in [0.717, 1.165) is 91.4 Å². The van der Waals surface area contributed by atoms with Crippen LogP contribution in [0.15, 0.2) is 0 Å². The first kappa shape index (κ1) is 37.8. The summed E-state index contributed by atoms with van der Waals surface area (Å²) in [4.78, 5) is 70.4. The van der Waals surface area contributed by atoms with Gasteiger partial charge in [0, 0.05) is 40.5 Å². The second-order valence-corrected chi connectivity index (χ2v) is 10.8. The third-order valence-corrected chi connectivity index (χ3v) is 6.84. The normalized spacial score (nSPS) is 21.3. The Balaban J connectivity index is 2.56. The Morgan fingerprint density at radius 3 is 1.44 bits per heavy atom. The number of hydrogen-bond acceptors (Lipinski definition) is 11. The molecule has 1 amide bonds. The molecule has 0 bridgehead atoms. The number of carbonyl (C=O) groups excluding carboxylic acids is 5. The maximum atomic E-state index is 12.8. The van der Waals surface area contributed by atoms with Gasteiger partial charge in [0.2, 0.25) is 5.91 Å². The summed E-state index contributed by atoms with van der Waals surface area (Å²) >= 11 is 0. The summed E-state index contributed by atoms with van der Waals surface area (Å²) in [5.74, 6) is -3.94. The molecule has 13 heteroatoms. The van der Waals surface area contributed by atoms with E-state index in [4.69, 9.17) is 28.8 Å². The molecule has 1 aliphatic rings. The molecule has 0 aliphatic carbocycles. The SMILES string of the molecule is CC(=O)OC[C@H]1O[C@@H](NC(=O)CCCCCCCCCCCCCCC(=O)O)[C@H](OC(C)=O)[C@@H](OC(C)=O)[C@@H]1OC(C)=O. The van der Waals surface area contributed by atoms with E-state index >= 15 is 0 Å². The van der Waals surface area contributed by atoms with Crippen molar-refractivity contribution in [1.29, 1.82) is 0 Å². The van der Waals surface area contributed by atoms with Crippen molar-refractivity contribution in [1.82, 2.24) is 5.32 Å². The molecule has 2 N–H and O–H groups in total. The van der Waals surface area contributed by atoms with Gasteiger partial charge in [0.1, 0.15) is 12.7 Å². The minimum absolute atomic E-state index is 0.189. The Labute approximate surface area is 253 Å². The Bertz CT molecular complexity index is 908. The third kappa shape index (κ3) is 17.5. The largest absolute Gasteiger partial charge is 0.481 e. The molecular weight excluding hydrogens is 566 g/mol. The summed E-state index contributed by atoms with van der Waals surface area (Å²) in [5.41, 5.74) is 0. The number of amides is 1. The van der Waals surface area contributed by atoms with Crippen LogP contribution >= 0.6 is 0 Å². The summed E-state index contributed by atoms with van der Waals surface area (Å²) < 4.78 is 27.0. The van der Waals surface area contributed by atoms with Gasteiger partial charge in [-0.3, -0.25) is 28.8 Å². The molecule has 1 rings (SSSR count). The number of rotatable bonds is 21. The Kier molecular flexibility index (Phi) is 18.9. The lowest BCUT2D eigenvalue weighted by Crippen LogP contribution is -2.66. The van der Waals surface area contributed by atoms with Gasteiger partial charge in [0.15, 0.2) is 24.5 Å².